The summed E-state index contributed by atoms with van der Waals surface area (Å²) in [5.74, 6) is -0.360. The average molecular weight is 464 g/mol. The summed E-state index contributed by atoms with van der Waals surface area (Å²) in [6, 6.07) is 15.3. The molecule has 0 fully saturated rings. The monoisotopic (exact) mass is 463 g/mol. The fourth-order valence-corrected chi connectivity index (χ4v) is 4.34. The number of nitrogens with one attached hydrogen (secondary N) is 1. The van der Waals surface area contributed by atoms with Crippen molar-refractivity contribution in [2.24, 2.45) is 5.73 Å². The van der Waals surface area contributed by atoms with Gasteiger partial charge in [-0.25, -0.2) is 27.8 Å². The number of carbonyl (C=O) groups excluding carboxylic acids is 1. The third kappa shape index (κ3) is 4.45. The zero-order chi connectivity index (χ0) is 23.6. The van der Waals surface area contributed by atoms with Crippen molar-refractivity contribution < 1.29 is 13.2 Å². The van der Waals surface area contributed by atoms with Crippen LogP contribution in [0.4, 0.5) is 5.82 Å². The summed E-state index contributed by atoms with van der Waals surface area (Å²) in [5, 5.41) is 5.06. The molecule has 0 saturated carbocycles. The number of primary amides is 1. The molecule has 10 nitrogen and oxygen atoms in total. The normalized spacial score (nSPS) is 11.5. The van der Waals surface area contributed by atoms with E-state index in [0.29, 0.717) is 33.4 Å². The first-order valence-electron chi connectivity index (χ1n) is 9.89. The molecule has 0 radical (unpaired) electrons. The van der Waals surface area contributed by atoms with Crippen LogP contribution in [0.2, 0.25) is 0 Å². The molecule has 2 aromatic carbocycles. The Morgan fingerprint density at radius 3 is 2.52 bits per heavy atom. The highest BCUT2D eigenvalue weighted by molar-refractivity contribution is 7.98. The van der Waals surface area contributed by atoms with E-state index in [1.165, 1.54) is 11.0 Å². The van der Waals surface area contributed by atoms with Crippen LogP contribution >= 0.6 is 0 Å². The Hall–Kier alpha value is -4.09. The first-order chi connectivity index (χ1) is 15.8. The molecule has 5 N–H and O–H groups in total. The second-order valence-electron chi connectivity index (χ2n) is 7.16. The molecule has 0 atom stereocenters. The summed E-state index contributed by atoms with van der Waals surface area (Å²) in [7, 11) is -3.80. The lowest BCUT2D eigenvalue weighted by atomic mass is 10.1. The lowest BCUT2D eigenvalue weighted by molar-refractivity contribution is 0.100. The molecule has 0 unspecified atom stereocenters. The Morgan fingerprint density at radius 1 is 1.06 bits per heavy atom. The molecule has 33 heavy (non-hydrogen) atoms. The predicted molar refractivity (Wildman–Crippen MR) is 126 cm³/mol. The van der Waals surface area contributed by atoms with Crippen molar-refractivity contribution in [3.8, 4) is 11.3 Å². The second-order valence-corrected chi connectivity index (χ2v) is 8.95. The number of carbonyl (C=O) groups is 1. The van der Waals surface area contributed by atoms with Gasteiger partial charge in [-0.15, -0.1) is 0 Å². The molecule has 168 valence electrons. The van der Waals surface area contributed by atoms with Gasteiger partial charge in [0.1, 0.15) is 17.8 Å². The molecular weight excluding hydrogens is 442 g/mol. The molecular formula is C22H21N7O3S. The van der Waals surface area contributed by atoms with Gasteiger partial charge in [0.15, 0.2) is 5.65 Å². The number of nitrogens with two attached hydrogens (primary N) is 2. The number of sulfonamides is 1. The number of hydrogen-bond acceptors (Lipinski definition) is 7. The van der Waals surface area contributed by atoms with Gasteiger partial charge in [0.25, 0.3) is 0 Å². The van der Waals surface area contributed by atoms with Crippen molar-refractivity contribution in [2.45, 2.75) is 6.54 Å². The number of fused-ring (bicyclic) bond motifs is 1. The number of nitrogen functional groups attached to an aromatic ring is 1. The van der Waals surface area contributed by atoms with E-state index >= 15 is 0 Å². The topological polar surface area (TPSA) is 159 Å². The maximum atomic E-state index is 12.6. The lowest BCUT2D eigenvalue weighted by Gasteiger charge is -2.10. The number of anilines is 1. The largest absolute Gasteiger partial charge is 0.383 e. The maximum absolute atomic E-state index is 12.6. The van der Waals surface area contributed by atoms with Crippen molar-refractivity contribution in [3.63, 3.8) is 0 Å². The van der Waals surface area contributed by atoms with Gasteiger partial charge < -0.3 is 11.5 Å². The van der Waals surface area contributed by atoms with E-state index in [4.69, 9.17) is 11.5 Å². The van der Waals surface area contributed by atoms with Gasteiger partial charge in [0, 0.05) is 17.7 Å². The smallest absolute Gasteiger partial charge is 0.248 e. The van der Waals surface area contributed by atoms with Crippen LogP contribution in [-0.2, 0) is 16.6 Å². The van der Waals surface area contributed by atoms with E-state index in [2.05, 4.69) is 26.4 Å². The molecule has 2 aromatic heterocycles. The summed E-state index contributed by atoms with van der Waals surface area (Å²) in [5.41, 5.74) is 13.8. The van der Waals surface area contributed by atoms with Gasteiger partial charge in [0.05, 0.1) is 16.8 Å². The highest BCUT2D eigenvalue weighted by Gasteiger charge is 2.20. The minimum absolute atomic E-state index is 0.0241. The molecule has 0 spiro atoms. The molecule has 0 bridgehead atoms. The van der Waals surface area contributed by atoms with Gasteiger partial charge in [0.2, 0.25) is 15.9 Å². The third-order valence-electron chi connectivity index (χ3n) is 5.01. The SMILES string of the molecule is C=C(c1ccccc1)S(=O)(=O)NCCn1nc(-c2cccc(C(N)=O)c2)c2c(N)ncnc21. The van der Waals surface area contributed by atoms with Crippen LogP contribution in [0.3, 0.4) is 0 Å². The summed E-state index contributed by atoms with van der Waals surface area (Å²) >= 11 is 0. The Bertz CT molecular complexity index is 1460. The zero-order valence-corrected chi connectivity index (χ0v) is 18.3. The van der Waals surface area contributed by atoms with E-state index in [1.54, 1.807) is 54.6 Å². The zero-order valence-electron chi connectivity index (χ0n) is 17.5. The van der Waals surface area contributed by atoms with Crippen molar-refractivity contribution >= 4 is 37.7 Å². The number of amides is 1. The van der Waals surface area contributed by atoms with Gasteiger partial charge in [-0.3, -0.25) is 4.79 Å². The Balaban J connectivity index is 1.62. The van der Waals surface area contributed by atoms with Gasteiger partial charge in [-0.2, -0.15) is 5.10 Å². The number of hydrogen-bond donors (Lipinski definition) is 3. The van der Waals surface area contributed by atoms with Crippen LogP contribution in [0.25, 0.3) is 27.2 Å². The molecule has 0 aliphatic heterocycles. The van der Waals surface area contributed by atoms with Crippen LogP contribution in [0.5, 0.6) is 0 Å². The first-order valence-corrected chi connectivity index (χ1v) is 11.4. The minimum atomic E-state index is -3.80. The van der Waals surface area contributed by atoms with Crippen LogP contribution in [0, 0.1) is 0 Å². The molecule has 4 aromatic rings. The van der Waals surface area contributed by atoms with Crippen molar-refractivity contribution in [1.82, 2.24) is 24.5 Å². The summed E-state index contributed by atoms with van der Waals surface area (Å²) in [6.45, 7) is 3.91. The quantitative estimate of drug-likeness (QED) is 0.359. The lowest BCUT2D eigenvalue weighted by Crippen LogP contribution is -2.28. The Labute approximate surface area is 190 Å². The standard InChI is InChI=1S/C22H21N7O3S/c1-14(15-6-3-2-4-7-15)33(31,32)27-10-11-29-22-18(20(23)25-13-26-22)19(28-29)16-8-5-9-17(12-16)21(24)30/h2-9,12-13,27H,1,10-11H2,(H2,24,30)(H2,23,25,26). The number of nitrogens with zero attached hydrogens (tertiary/aromatic N) is 4. The van der Waals surface area contributed by atoms with E-state index in [1.807, 2.05) is 0 Å². The Morgan fingerprint density at radius 2 is 1.79 bits per heavy atom. The fourth-order valence-electron chi connectivity index (χ4n) is 3.36. The van der Waals surface area contributed by atoms with Crippen LogP contribution in [-0.4, -0.2) is 40.6 Å². The predicted octanol–water partition coefficient (Wildman–Crippen LogP) is 1.76. The third-order valence-corrected chi connectivity index (χ3v) is 6.48. The van der Waals surface area contributed by atoms with E-state index in [0.717, 1.165) is 0 Å². The Kier molecular flexibility index (Phi) is 5.90. The van der Waals surface area contributed by atoms with E-state index in [-0.39, 0.29) is 23.8 Å². The van der Waals surface area contributed by atoms with E-state index < -0.39 is 15.9 Å². The van der Waals surface area contributed by atoms with E-state index in [9.17, 15) is 13.2 Å². The van der Waals surface area contributed by atoms with Crippen LogP contribution in [0.15, 0.2) is 67.5 Å². The molecule has 11 heteroatoms. The molecule has 0 aliphatic rings. The van der Waals surface area contributed by atoms with Crippen LogP contribution in [0.1, 0.15) is 15.9 Å². The molecule has 0 saturated heterocycles. The summed E-state index contributed by atoms with van der Waals surface area (Å²) in [4.78, 5) is 19.9. The van der Waals surface area contributed by atoms with Crippen molar-refractivity contribution in [2.75, 3.05) is 12.3 Å². The van der Waals surface area contributed by atoms with Crippen LogP contribution < -0.4 is 16.2 Å². The number of rotatable bonds is 8. The molecule has 0 aliphatic carbocycles. The molecule has 4 rings (SSSR count). The summed E-state index contributed by atoms with van der Waals surface area (Å²) < 4.78 is 29.3. The average Bonchev–Trinajstić information content (AvgIpc) is 3.19. The number of aromatic nitrogens is 4. The number of benzene rings is 2. The fraction of sp³-hybridized carbons (Fsp3) is 0.0909. The second kappa shape index (κ2) is 8.81. The first kappa shape index (κ1) is 22.1. The van der Waals surface area contributed by atoms with Gasteiger partial charge >= 0.3 is 0 Å². The maximum Gasteiger partial charge on any atom is 0.248 e. The molecule has 2 heterocycles. The highest BCUT2D eigenvalue weighted by Crippen LogP contribution is 2.30. The van der Waals surface area contributed by atoms with Gasteiger partial charge in [-0.05, 0) is 17.7 Å². The van der Waals surface area contributed by atoms with Gasteiger partial charge in [-0.1, -0.05) is 49.0 Å². The van der Waals surface area contributed by atoms with Crippen molar-refractivity contribution in [1.29, 1.82) is 0 Å². The molecule has 1 amide bonds. The highest BCUT2D eigenvalue weighted by atomic mass is 32.2. The minimum Gasteiger partial charge on any atom is -0.383 e. The van der Waals surface area contributed by atoms with Crippen molar-refractivity contribution in [3.05, 3.63) is 78.6 Å². The summed E-state index contributed by atoms with van der Waals surface area (Å²) in [6.07, 6.45) is 1.31.